The molecule has 5 nitrogen and oxygen atoms in total. The topological polar surface area (TPSA) is 78.4 Å². The number of benzene rings is 1. The highest BCUT2D eigenvalue weighted by atomic mass is 16.2. The third-order valence-electron chi connectivity index (χ3n) is 3.32. The van der Waals surface area contributed by atoms with Crippen molar-refractivity contribution in [3.05, 3.63) is 34.9 Å². The van der Waals surface area contributed by atoms with E-state index in [1.54, 1.807) is 6.07 Å². The number of rotatable bonds is 2. The minimum atomic E-state index is -0.246. The van der Waals surface area contributed by atoms with Gasteiger partial charge in [0.15, 0.2) is 0 Å². The predicted octanol–water partition coefficient (Wildman–Crippen LogP) is 0.347. The third-order valence-corrected chi connectivity index (χ3v) is 3.32. The van der Waals surface area contributed by atoms with Gasteiger partial charge in [0, 0.05) is 24.6 Å². The molecule has 110 valence electrons. The van der Waals surface area contributed by atoms with E-state index in [4.69, 9.17) is 5.11 Å². The second-order valence-electron chi connectivity index (χ2n) is 5.02. The van der Waals surface area contributed by atoms with Crippen LogP contribution in [0.4, 0.5) is 0 Å². The van der Waals surface area contributed by atoms with Crippen molar-refractivity contribution in [2.75, 3.05) is 13.2 Å². The number of nitrogens with one attached hydrogen (secondary N) is 2. The molecule has 1 aliphatic rings. The van der Waals surface area contributed by atoms with E-state index >= 15 is 0 Å². The fourth-order valence-corrected chi connectivity index (χ4v) is 2.21. The van der Waals surface area contributed by atoms with Crippen molar-refractivity contribution < 1.29 is 14.7 Å². The Morgan fingerprint density at radius 3 is 3.00 bits per heavy atom. The Morgan fingerprint density at radius 2 is 2.33 bits per heavy atom. The first-order chi connectivity index (χ1) is 10.1. The number of aryl methyl sites for hydroxylation is 1. The van der Waals surface area contributed by atoms with Crippen LogP contribution in [-0.4, -0.2) is 36.1 Å². The summed E-state index contributed by atoms with van der Waals surface area (Å²) < 4.78 is 0. The van der Waals surface area contributed by atoms with Crippen LogP contribution in [0.3, 0.4) is 0 Å². The fourth-order valence-electron chi connectivity index (χ4n) is 2.21. The molecule has 1 unspecified atom stereocenters. The summed E-state index contributed by atoms with van der Waals surface area (Å²) in [6.07, 6.45) is 1.07. The van der Waals surface area contributed by atoms with Gasteiger partial charge >= 0.3 is 0 Å². The molecule has 1 aromatic rings. The Labute approximate surface area is 123 Å². The zero-order chi connectivity index (χ0) is 15.2. The van der Waals surface area contributed by atoms with E-state index in [9.17, 15) is 9.59 Å². The SMILES string of the molecule is Cc1ccc(C(=O)NC2CCC(=O)NC2)c(C#CCO)c1. The Balaban J connectivity index is 2.13. The van der Waals surface area contributed by atoms with Crippen molar-refractivity contribution in [3.8, 4) is 11.8 Å². The lowest BCUT2D eigenvalue weighted by Crippen LogP contribution is -2.47. The molecule has 21 heavy (non-hydrogen) atoms. The lowest BCUT2D eigenvalue weighted by molar-refractivity contribution is -0.122. The second kappa shape index (κ2) is 6.91. The van der Waals surface area contributed by atoms with Crippen LogP contribution in [0.25, 0.3) is 0 Å². The second-order valence-corrected chi connectivity index (χ2v) is 5.02. The molecule has 1 aliphatic heterocycles. The van der Waals surface area contributed by atoms with Gasteiger partial charge in [0.1, 0.15) is 6.61 Å². The van der Waals surface area contributed by atoms with Crippen LogP contribution < -0.4 is 10.6 Å². The predicted molar refractivity (Wildman–Crippen MR) is 78.6 cm³/mol. The standard InChI is InChI=1S/C16H18N2O3/c1-11-4-6-14(12(9-11)3-2-8-19)16(21)18-13-5-7-15(20)17-10-13/h4,6,9,13,19H,5,7-8,10H2,1H3,(H,17,20)(H,18,21). The minimum absolute atomic E-state index is 0.0188. The van der Waals surface area contributed by atoms with Crippen molar-refractivity contribution in [1.82, 2.24) is 10.6 Å². The van der Waals surface area contributed by atoms with E-state index in [2.05, 4.69) is 22.5 Å². The molecule has 0 saturated carbocycles. The molecule has 2 amide bonds. The zero-order valence-electron chi connectivity index (χ0n) is 11.9. The minimum Gasteiger partial charge on any atom is -0.384 e. The molecule has 0 aromatic heterocycles. The number of aliphatic hydroxyl groups is 1. The van der Waals surface area contributed by atoms with Crippen molar-refractivity contribution in [2.24, 2.45) is 0 Å². The third kappa shape index (κ3) is 4.07. The largest absolute Gasteiger partial charge is 0.384 e. The number of amides is 2. The molecule has 1 saturated heterocycles. The molecule has 1 fully saturated rings. The van der Waals surface area contributed by atoms with Crippen molar-refractivity contribution in [3.63, 3.8) is 0 Å². The Hall–Kier alpha value is -2.32. The van der Waals surface area contributed by atoms with Gasteiger partial charge in [-0.3, -0.25) is 9.59 Å². The zero-order valence-corrected chi connectivity index (χ0v) is 11.9. The van der Waals surface area contributed by atoms with Gasteiger partial charge in [-0.05, 0) is 31.0 Å². The average Bonchev–Trinajstić information content (AvgIpc) is 2.47. The van der Waals surface area contributed by atoms with E-state index < -0.39 is 0 Å². The lowest BCUT2D eigenvalue weighted by atomic mass is 10.0. The molecule has 1 aromatic carbocycles. The summed E-state index contributed by atoms with van der Waals surface area (Å²) in [5.74, 6) is 5.17. The van der Waals surface area contributed by atoms with Crippen molar-refractivity contribution in [1.29, 1.82) is 0 Å². The highest BCUT2D eigenvalue weighted by Crippen LogP contribution is 2.12. The van der Waals surface area contributed by atoms with Crippen LogP contribution >= 0.6 is 0 Å². The first-order valence-corrected chi connectivity index (χ1v) is 6.88. The van der Waals surface area contributed by atoms with Gasteiger partial charge in [-0.2, -0.15) is 0 Å². The van der Waals surface area contributed by atoms with Crippen LogP contribution in [0, 0.1) is 18.8 Å². The normalized spacial score (nSPS) is 17.4. The molecular weight excluding hydrogens is 268 g/mol. The van der Waals surface area contributed by atoms with E-state index in [0.29, 0.717) is 30.5 Å². The Kier molecular flexibility index (Phi) is 4.96. The van der Waals surface area contributed by atoms with E-state index in [0.717, 1.165) is 5.56 Å². The number of piperidine rings is 1. The number of carbonyl (C=O) groups is 2. The van der Waals surface area contributed by atoms with E-state index in [-0.39, 0.29) is 24.5 Å². The van der Waals surface area contributed by atoms with E-state index in [1.165, 1.54) is 0 Å². The van der Waals surface area contributed by atoms with Crippen LogP contribution in [0.5, 0.6) is 0 Å². The maximum atomic E-state index is 12.3. The number of hydrogen-bond acceptors (Lipinski definition) is 3. The number of aliphatic hydroxyl groups excluding tert-OH is 1. The summed E-state index contributed by atoms with van der Waals surface area (Å²) in [7, 11) is 0. The summed E-state index contributed by atoms with van der Waals surface area (Å²) >= 11 is 0. The van der Waals surface area contributed by atoms with Gasteiger partial charge in [-0.15, -0.1) is 0 Å². The summed E-state index contributed by atoms with van der Waals surface area (Å²) in [6.45, 7) is 2.13. The molecular formula is C16H18N2O3. The smallest absolute Gasteiger partial charge is 0.252 e. The fraction of sp³-hybridized carbons (Fsp3) is 0.375. The van der Waals surface area contributed by atoms with Gasteiger partial charge in [0.05, 0.1) is 5.56 Å². The number of hydrogen-bond donors (Lipinski definition) is 3. The van der Waals surface area contributed by atoms with Crippen LogP contribution in [0.15, 0.2) is 18.2 Å². The molecule has 2 rings (SSSR count). The first-order valence-electron chi connectivity index (χ1n) is 6.88. The quantitative estimate of drug-likeness (QED) is 0.686. The summed E-state index contributed by atoms with van der Waals surface area (Å²) in [6, 6.07) is 5.34. The average molecular weight is 286 g/mol. The van der Waals surface area contributed by atoms with Crippen LogP contribution in [-0.2, 0) is 4.79 Å². The van der Waals surface area contributed by atoms with Gasteiger partial charge in [0.2, 0.25) is 5.91 Å². The van der Waals surface area contributed by atoms with Gasteiger partial charge < -0.3 is 15.7 Å². The first kappa shape index (κ1) is 15.1. The van der Waals surface area contributed by atoms with Crippen molar-refractivity contribution in [2.45, 2.75) is 25.8 Å². The molecule has 3 N–H and O–H groups in total. The molecule has 5 heteroatoms. The molecule has 1 heterocycles. The van der Waals surface area contributed by atoms with Gasteiger partial charge in [0.25, 0.3) is 5.91 Å². The summed E-state index contributed by atoms with van der Waals surface area (Å²) in [4.78, 5) is 23.4. The molecule has 0 bridgehead atoms. The van der Waals surface area contributed by atoms with Crippen LogP contribution in [0.1, 0.15) is 34.3 Å². The van der Waals surface area contributed by atoms with E-state index in [1.807, 2.05) is 19.1 Å². The highest BCUT2D eigenvalue weighted by Gasteiger charge is 2.21. The number of carbonyl (C=O) groups excluding carboxylic acids is 2. The van der Waals surface area contributed by atoms with Gasteiger partial charge in [-0.25, -0.2) is 0 Å². The molecule has 0 spiro atoms. The maximum Gasteiger partial charge on any atom is 0.252 e. The molecule has 0 aliphatic carbocycles. The Bertz CT molecular complexity index is 604. The van der Waals surface area contributed by atoms with Gasteiger partial charge in [-0.1, -0.05) is 17.9 Å². The van der Waals surface area contributed by atoms with Crippen molar-refractivity contribution >= 4 is 11.8 Å². The van der Waals surface area contributed by atoms with Crippen LogP contribution in [0.2, 0.25) is 0 Å². The highest BCUT2D eigenvalue weighted by molar-refractivity contribution is 5.97. The summed E-state index contributed by atoms with van der Waals surface area (Å²) in [5, 5.41) is 14.4. The monoisotopic (exact) mass is 286 g/mol. The maximum absolute atomic E-state index is 12.3. The lowest BCUT2D eigenvalue weighted by Gasteiger charge is -2.23. The molecule has 0 radical (unpaired) electrons. The molecule has 1 atom stereocenters. The summed E-state index contributed by atoms with van der Waals surface area (Å²) in [5.41, 5.74) is 2.08. The Morgan fingerprint density at radius 1 is 1.52 bits per heavy atom.